The summed E-state index contributed by atoms with van der Waals surface area (Å²) in [5, 5.41) is 13.7. The highest BCUT2D eigenvalue weighted by atomic mass is 16.3. The quantitative estimate of drug-likeness (QED) is 0.785. The van der Waals surface area contributed by atoms with Gasteiger partial charge in [0.05, 0.1) is 0 Å². The molecule has 1 amide bonds. The number of aromatic nitrogens is 1. The molecule has 4 nitrogen and oxygen atoms in total. The fourth-order valence-corrected chi connectivity index (χ4v) is 3.12. The van der Waals surface area contributed by atoms with Crippen LogP contribution in [0.1, 0.15) is 32.0 Å². The van der Waals surface area contributed by atoms with E-state index in [1.807, 2.05) is 68.6 Å². The average Bonchev–Trinajstić information content (AvgIpc) is 3.03. The van der Waals surface area contributed by atoms with Gasteiger partial charge in [0.2, 0.25) is 5.91 Å². The predicted octanol–water partition coefficient (Wildman–Crippen LogP) is 3.66. The Morgan fingerprint density at radius 2 is 1.84 bits per heavy atom. The van der Waals surface area contributed by atoms with Crippen LogP contribution in [0.25, 0.3) is 11.6 Å². The monoisotopic (exact) mass is 334 g/mol. The highest BCUT2D eigenvalue weighted by Gasteiger charge is 2.35. The molecule has 2 heterocycles. The summed E-state index contributed by atoms with van der Waals surface area (Å²) in [7, 11) is 0. The number of amides is 1. The molecule has 3 N–H and O–H groups in total. The summed E-state index contributed by atoms with van der Waals surface area (Å²) in [4.78, 5) is 15.5. The first-order valence-corrected chi connectivity index (χ1v) is 8.24. The van der Waals surface area contributed by atoms with Gasteiger partial charge in [-0.1, -0.05) is 35.9 Å². The standard InChI is InChI=1S/C21H22N2O2/c1-14(2)20-17(15-8-5-4-6-9-15)13-19(24)23-21(3,25)18(20)12-16-10-7-11-22-16/h4-13,22,25H,1-3H3,(H,23,24)/b18-12-. The van der Waals surface area contributed by atoms with Gasteiger partial charge in [0.15, 0.2) is 5.72 Å². The lowest BCUT2D eigenvalue weighted by molar-refractivity contribution is -0.121. The number of rotatable bonds is 2. The fourth-order valence-electron chi connectivity index (χ4n) is 3.12. The van der Waals surface area contributed by atoms with E-state index in [-0.39, 0.29) is 5.91 Å². The molecule has 0 aliphatic carbocycles. The van der Waals surface area contributed by atoms with Gasteiger partial charge >= 0.3 is 0 Å². The molecule has 1 aliphatic rings. The third-order valence-corrected chi connectivity index (χ3v) is 4.21. The van der Waals surface area contributed by atoms with Crippen molar-refractivity contribution in [2.45, 2.75) is 26.5 Å². The third-order valence-electron chi connectivity index (χ3n) is 4.21. The summed E-state index contributed by atoms with van der Waals surface area (Å²) >= 11 is 0. The molecule has 2 aromatic rings. The van der Waals surface area contributed by atoms with E-state index in [0.29, 0.717) is 5.57 Å². The van der Waals surface area contributed by atoms with E-state index in [2.05, 4.69) is 10.3 Å². The molecule has 1 atom stereocenters. The van der Waals surface area contributed by atoms with Crippen molar-refractivity contribution >= 4 is 17.6 Å². The SMILES string of the molecule is CC(C)=C1C(c2ccccc2)=CC(=O)NC(C)(O)/C1=C\c1ccc[nH]1. The van der Waals surface area contributed by atoms with Crippen LogP contribution in [0.15, 0.2) is 71.5 Å². The van der Waals surface area contributed by atoms with Crippen molar-refractivity contribution in [2.75, 3.05) is 0 Å². The zero-order valence-electron chi connectivity index (χ0n) is 14.6. The van der Waals surface area contributed by atoms with E-state index in [1.54, 1.807) is 13.0 Å². The summed E-state index contributed by atoms with van der Waals surface area (Å²) < 4.78 is 0. The molecular weight excluding hydrogens is 312 g/mol. The number of aliphatic hydroxyl groups is 1. The van der Waals surface area contributed by atoms with Gasteiger partial charge in [0.25, 0.3) is 0 Å². The van der Waals surface area contributed by atoms with Crippen LogP contribution in [-0.4, -0.2) is 21.7 Å². The van der Waals surface area contributed by atoms with Gasteiger partial charge in [-0.2, -0.15) is 0 Å². The van der Waals surface area contributed by atoms with Gasteiger partial charge in [0, 0.05) is 23.5 Å². The Hall–Kier alpha value is -2.85. The first-order chi connectivity index (χ1) is 11.9. The molecule has 128 valence electrons. The van der Waals surface area contributed by atoms with Crippen LogP contribution in [0.2, 0.25) is 0 Å². The van der Waals surface area contributed by atoms with Crippen LogP contribution >= 0.6 is 0 Å². The van der Waals surface area contributed by atoms with Crippen LogP contribution in [-0.2, 0) is 4.79 Å². The molecule has 4 heteroatoms. The largest absolute Gasteiger partial charge is 0.367 e. The maximum Gasteiger partial charge on any atom is 0.247 e. The minimum Gasteiger partial charge on any atom is -0.367 e. The van der Waals surface area contributed by atoms with Crippen LogP contribution in [0, 0.1) is 0 Å². The van der Waals surface area contributed by atoms with Crippen LogP contribution in [0.5, 0.6) is 0 Å². The second-order valence-electron chi connectivity index (χ2n) is 6.54. The summed E-state index contributed by atoms with van der Waals surface area (Å²) in [6.45, 7) is 5.57. The smallest absolute Gasteiger partial charge is 0.247 e. The maximum atomic E-state index is 12.4. The normalized spacial score (nSPS) is 22.4. The highest BCUT2D eigenvalue weighted by Crippen LogP contribution is 2.38. The van der Waals surface area contributed by atoms with Gasteiger partial charge in [0.1, 0.15) is 0 Å². The number of allylic oxidation sites excluding steroid dienone is 2. The zero-order valence-corrected chi connectivity index (χ0v) is 14.6. The van der Waals surface area contributed by atoms with Crippen molar-refractivity contribution in [3.05, 3.63) is 82.7 Å². The molecule has 0 fully saturated rings. The van der Waals surface area contributed by atoms with Gasteiger partial charge in [-0.15, -0.1) is 0 Å². The third kappa shape index (κ3) is 3.49. The van der Waals surface area contributed by atoms with Crippen LogP contribution in [0.3, 0.4) is 0 Å². The van der Waals surface area contributed by atoms with Gasteiger partial charge in [-0.25, -0.2) is 0 Å². The van der Waals surface area contributed by atoms with E-state index < -0.39 is 5.72 Å². The van der Waals surface area contributed by atoms with Gasteiger partial charge in [-0.3, -0.25) is 4.79 Å². The Balaban J connectivity index is 2.27. The minimum atomic E-state index is -1.48. The number of carbonyl (C=O) groups excluding carboxylic acids is 1. The number of aromatic amines is 1. The molecule has 1 aliphatic heterocycles. The Labute approximate surface area is 147 Å². The Kier molecular flexibility index (Phi) is 4.47. The Morgan fingerprint density at radius 1 is 1.12 bits per heavy atom. The first-order valence-electron chi connectivity index (χ1n) is 8.24. The molecule has 3 rings (SSSR count). The summed E-state index contributed by atoms with van der Waals surface area (Å²) in [6, 6.07) is 13.6. The molecule has 1 aromatic heterocycles. The molecule has 0 saturated heterocycles. The van der Waals surface area contributed by atoms with E-state index in [0.717, 1.165) is 28.0 Å². The van der Waals surface area contributed by atoms with Crippen molar-refractivity contribution < 1.29 is 9.90 Å². The molecule has 0 bridgehead atoms. The minimum absolute atomic E-state index is 0.322. The summed E-state index contributed by atoms with van der Waals surface area (Å²) in [5.41, 5.74) is 3.64. The van der Waals surface area contributed by atoms with Gasteiger partial charge < -0.3 is 15.4 Å². The van der Waals surface area contributed by atoms with Crippen LogP contribution in [0.4, 0.5) is 0 Å². The zero-order chi connectivity index (χ0) is 18.0. The fraction of sp³-hybridized carbons (Fsp3) is 0.190. The first kappa shape index (κ1) is 17.0. The average molecular weight is 334 g/mol. The molecule has 0 spiro atoms. The van der Waals surface area contributed by atoms with E-state index >= 15 is 0 Å². The van der Waals surface area contributed by atoms with Crippen molar-refractivity contribution in [1.82, 2.24) is 10.3 Å². The number of H-pyrrole nitrogens is 1. The van der Waals surface area contributed by atoms with Gasteiger partial charge in [-0.05, 0) is 55.7 Å². The molecular formula is C21H22N2O2. The second kappa shape index (κ2) is 6.57. The Bertz CT molecular complexity index is 866. The lowest BCUT2D eigenvalue weighted by Crippen LogP contribution is -2.46. The topological polar surface area (TPSA) is 65.1 Å². The molecule has 1 unspecified atom stereocenters. The summed E-state index contributed by atoms with van der Waals surface area (Å²) in [6.07, 6.45) is 5.26. The number of nitrogens with one attached hydrogen (secondary N) is 2. The predicted molar refractivity (Wildman–Crippen MR) is 100 cm³/mol. The Morgan fingerprint density at radius 3 is 2.44 bits per heavy atom. The molecule has 1 aromatic carbocycles. The number of hydrogen-bond donors (Lipinski definition) is 3. The van der Waals surface area contributed by atoms with Crippen molar-refractivity contribution in [3.63, 3.8) is 0 Å². The van der Waals surface area contributed by atoms with Crippen molar-refractivity contribution in [2.24, 2.45) is 0 Å². The van der Waals surface area contributed by atoms with E-state index in [4.69, 9.17) is 0 Å². The van der Waals surface area contributed by atoms with E-state index in [9.17, 15) is 9.90 Å². The molecule has 0 radical (unpaired) electrons. The van der Waals surface area contributed by atoms with Crippen molar-refractivity contribution in [3.8, 4) is 0 Å². The number of benzene rings is 1. The second-order valence-corrected chi connectivity index (χ2v) is 6.54. The van der Waals surface area contributed by atoms with Crippen molar-refractivity contribution in [1.29, 1.82) is 0 Å². The maximum absolute atomic E-state index is 12.4. The number of hydrogen-bond acceptors (Lipinski definition) is 2. The number of carbonyl (C=O) groups is 1. The summed E-state index contributed by atoms with van der Waals surface area (Å²) in [5.74, 6) is -0.322. The van der Waals surface area contributed by atoms with Crippen LogP contribution < -0.4 is 5.32 Å². The molecule has 0 saturated carbocycles. The highest BCUT2D eigenvalue weighted by molar-refractivity contribution is 6.03. The lowest BCUT2D eigenvalue weighted by atomic mass is 9.85. The van der Waals surface area contributed by atoms with E-state index in [1.165, 1.54) is 0 Å². The lowest BCUT2D eigenvalue weighted by Gasteiger charge is -2.28. The molecule has 25 heavy (non-hydrogen) atoms.